The van der Waals surface area contributed by atoms with Gasteiger partial charge in [0, 0.05) is 13.1 Å². The predicted octanol–water partition coefficient (Wildman–Crippen LogP) is 2.95. The van der Waals surface area contributed by atoms with E-state index in [4.69, 9.17) is 9.47 Å². The summed E-state index contributed by atoms with van der Waals surface area (Å²) in [4.78, 5) is 13.0. The van der Waals surface area contributed by atoms with E-state index in [0.717, 1.165) is 15.6 Å². The lowest BCUT2D eigenvalue weighted by atomic mass is 10.2. The molecular formula is C23H26N4O5S. The van der Waals surface area contributed by atoms with Gasteiger partial charge in [0.05, 0.1) is 27.7 Å². The first-order valence-corrected chi connectivity index (χ1v) is 11.9. The number of sulfonamides is 1. The van der Waals surface area contributed by atoms with Crippen molar-refractivity contribution < 1.29 is 22.7 Å². The van der Waals surface area contributed by atoms with Crippen molar-refractivity contribution in [3.63, 3.8) is 0 Å². The molecule has 0 spiro atoms. The SMILES string of the molecule is Cc1ccc(N(CC(=O)Nc2c(C)nn(C)c2C)S(=O)(=O)c2ccc3c(c2)OCCO3)cc1. The molecule has 3 aromatic rings. The van der Waals surface area contributed by atoms with Gasteiger partial charge in [-0.1, -0.05) is 17.7 Å². The van der Waals surface area contributed by atoms with E-state index in [2.05, 4.69) is 10.4 Å². The lowest BCUT2D eigenvalue weighted by Gasteiger charge is -2.25. The van der Waals surface area contributed by atoms with Crippen LogP contribution < -0.4 is 19.1 Å². The zero-order valence-electron chi connectivity index (χ0n) is 19.0. The number of aryl methyl sites for hydroxylation is 3. The second kappa shape index (κ2) is 8.78. The van der Waals surface area contributed by atoms with E-state index in [1.807, 2.05) is 13.8 Å². The fourth-order valence-electron chi connectivity index (χ4n) is 3.60. The summed E-state index contributed by atoms with van der Waals surface area (Å²) < 4.78 is 41.1. The average Bonchev–Trinajstić information content (AvgIpc) is 3.03. The normalized spacial score (nSPS) is 13.0. The molecular weight excluding hydrogens is 444 g/mol. The van der Waals surface area contributed by atoms with Gasteiger partial charge in [-0.05, 0) is 45.0 Å². The monoisotopic (exact) mass is 470 g/mol. The van der Waals surface area contributed by atoms with Crippen LogP contribution in [0.1, 0.15) is 17.0 Å². The van der Waals surface area contributed by atoms with Crippen LogP contribution in [0.4, 0.5) is 11.4 Å². The zero-order valence-corrected chi connectivity index (χ0v) is 19.8. The van der Waals surface area contributed by atoms with Crippen LogP contribution in [0.5, 0.6) is 11.5 Å². The van der Waals surface area contributed by atoms with E-state index < -0.39 is 22.5 Å². The van der Waals surface area contributed by atoms with Crippen LogP contribution in [0.2, 0.25) is 0 Å². The Kier molecular flexibility index (Phi) is 6.03. The van der Waals surface area contributed by atoms with Gasteiger partial charge in [-0.15, -0.1) is 0 Å². The van der Waals surface area contributed by atoms with Crippen molar-refractivity contribution in [3.05, 3.63) is 59.4 Å². The highest BCUT2D eigenvalue weighted by atomic mass is 32.2. The first kappa shape index (κ1) is 22.7. The highest BCUT2D eigenvalue weighted by Crippen LogP contribution is 2.34. The van der Waals surface area contributed by atoms with E-state index in [0.29, 0.717) is 41.8 Å². The molecule has 1 aromatic heterocycles. The molecule has 2 aromatic carbocycles. The molecule has 0 bridgehead atoms. The number of nitrogens with one attached hydrogen (secondary N) is 1. The second-order valence-corrected chi connectivity index (χ2v) is 9.73. The van der Waals surface area contributed by atoms with Crippen LogP contribution in [0.25, 0.3) is 0 Å². The summed E-state index contributed by atoms with van der Waals surface area (Å²) in [6.45, 7) is 5.86. The molecule has 4 rings (SSSR count). The molecule has 0 aliphatic carbocycles. The van der Waals surface area contributed by atoms with E-state index in [9.17, 15) is 13.2 Å². The molecule has 1 aliphatic heterocycles. The molecule has 1 aliphatic rings. The van der Waals surface area contributed by atoms with Crippen LogP contribution in [-0.2, 0) is 21.9 Å². The van der Waals surface area contributed by atoms with Crippen LogP contribution in [0.3, 0.4) is 0 Å². The van der Waals surface area contributed by atoms with Gasteiger partial charge in [0.1, 0.15) is 19.8 Å². The molecule has 0 atom stereocenters. The van der Waals surface area contributed by atoms with Crippen molar-refractivity contribution in [1.82, 2.24) is 9.78 Å². The molecule has 0 fully saturated rings. The summed E-state index contributed by atoms with van der Waals surface area (Å²) in [6, 6.07) is 11.4. The van der Waals surface area contributed by atoms with E-state index in [1.54, 1.807) is 49.0 Å². The van der Waals surface area contributed by atoms with Crippen LogP contribution in [0, 0.1) is 20.8 Å². The average molecular weight is 471 g/mol. The lowest BCUT2D eigenvalue weighted by Crippen LogP contribution is -2.38. The quantitative estimate of drug-likeness (QED) is 0.594. The Hall–Kier alpha value is -3.53. The Labute approximate surface area is 193 Å². The zero-order chi connectivity index (χ0) is 23.8. The number of ether oxygens (including phenoxy) is 2. The maximum atomic E-state index is 13.7. The van der Waals surface area contributed by atoms with Crippen molar-refractivity contribution >= 4 is 27.3 Å². The number of carbonyl (C=O) groups excluding carboxylic acids is 1. The smallest absolute Gasteiger partial charge is 0.264 e. The molecule has 0 saturated carbocycles. The molecule has 1 N–H and O–H groups in total. The molecule has 33 heavy (non-hydrogen) atoms. The molecule has 0 unspecified atom stereocenters. The fraction of sp³-hybridized carbons (Fsp3) is 0.304. The van der Waals surface area contributed by atoms with E-state index >= 15 is 0 Å². The molecule has 1 amide bonds. The first-order chi connectivity index (χ1) is 15.7. The number of carbonyl (C=O) groups is 1. The topological polar surface area (TPSA) is 103 Å². The van der Waals surface area contributed by atoms with Crippen molar-refractivity contribution in [3.8, 4) is 11.5 Å². The van der Waals surface area contributed by atoms with Gasteiger partial charge in [-0.2, -0.15) is 5.10 Å². The summed E-state index contributed by atoms with van der Waals surface area (Å²) in [7, 11) is -2.31. The third-order valence-electron chi connectivity index (χ3n) is 5.48. The van der Waals surface area contributed by atoms with Gasteiger partial charge in [0.15, 0.2) is 11.5 Å². The van der Waals surface area contributed by atoms with Crippen molar-refractivity contribution in [2.24, 2.45) is 7.05 Å². The highest BCUT2D eigenvalue weighted by molar-refractivity contribution is 7.92. The third kappa shape index (κ3) is 4.51. The number of nitrogens with zero attached hydrogens (tertiary/aromatic N) is 3. The molecule has 10 heteroatoms. The Morgan fingerprint density at radius 1 is 1.06 bits per heavy atom. The summed E-state index contributed by atoms with van der Waals surface area (Å²) >= 11 is 0. The minimum atomic E-state index is -4.09. The highest BCUT2D eigenvalue weighted by Gasteiger charge is 2.29. The van der Waals surface area contributed by atoms with Crippen LogP contribution in [0.15, 0.2) is 47.4 Å². The van der Waals surface area contributed by atoms with Crippen LogP contribution >= 0.6 is 0 Å². The largest absolute Gasteiger partial charge is 0.486 e. The Morgan fingerprint density at radius 2 is 1.73 bits per heavy atom. The van der Waals surface area contributed by atoms with Gasteiger partial charge in [-0.3, -0.25) is 13.8 Å². The van der Waals surface area contributed by atoms with Gasteiger partial charge >= 0.3 is 0 Å². The summed E-state index contributed by atoms with van der Waals surface area (Å²) in [5.74, 6) is 0.371. The summed E-state index contributed by atoms with van der Waals surface area (Å²) in [5, 5.41) is 7.10. The first-order valence-electron chi connectivity index (χ1n) is 10.5. The van der Waals surface area contributed by atoms with Crippen molar-refractivity contribution in [1.29, 1.82) is 0 Å². The number of rotatable bonds is 6. The third-order valence-corrected chi connectivity index (χ3v) is 7.25. The van der Waals surface area contributed by atoms with Crippen molar-refractivity contribution in [2.75, 3.05) is 29.4 Å². The number of fused-ring (bicyclic) bond motifs is 1. The molecule has 2 heterocycles. The van der Waals surface area contributed by atoms with Gasteiger partial charge in [-0.25, -0.2) is 8.42 Å². The maximum Gasteiger partial charge on any atom is 0.264 e. The second-order valence-electron chi connectivity index (χ2n) is 7.87. The number of hydrogen-bond donors (Lipinski definition) is 1. The molecule has 0 radical (unpaired) electrons. The van der Waals surface area contributed by atoms with Gasteiger partial charge in [0.2, 0.25) is 5.91 Å². The Balaban J connectivity index is 1.69. The maximum absolute atomic E-state index is 13.7. The van der Waals surface area contributed by atoms with Gasteiger partial charge in [0.25, 0.3) is 10.0 Å². The fourth-order valence-corrected chi connectivity index (χ4v) is 5.04. The predicted molar refractivity (Wildman–Crippen MR) is 124 cm³/mol. The minimum Gasteiger partial charge on any atom is -0.486 e. The number of anilines is 2. The van der Waals surface area contributed by atoms with E-state index in [-0.39, 0.29) is 4.90 Å². The standard InChI is InChI=1S/C23H26N4O5S/c1-15-5-7-18(8-6-15)27(14-22(28)24-23-16(2)25-26(4)17(23)3)33(29,30)19-9-10-20-21(13-19)32-12-11-31-20/h5-10,13H,11-12,14H2,1-4H3,(H,24,28). The number of benzene rings is 2. The van der Waals surface area contributed by atoms with E-state index in [1.165, 1.54) is 12.1 Å². The van der Waals surface area contributed by atoms with Gasteiger partial charge < -0.3 is 14.8 Å². The number of aromatic nitrogens is 2. The number of amides is 1. The van der Waals surface area contributed by atoms with Crippen LogP contribution in [-0.4, -0.2) is 43.9 Å². The Morgan fingerprint density at radius 3 is 2.36 bits per heavy atom. The minimum absolute atomic E-state index is 0.00821. The summed E-state index contributed by atoms with van der Waals surface area (Å²) in [6.07, 6.45) is 0. The molecule has 174 valence electrons. The lowest BCUT2D eigenvalue weighted by molar-refractivity contribution is -0.114. The van der Waals surface area contributed by atoms with Crippen molar-refractivity contribution in [2.45, 2.75) is 25.7 Å². The summed E-state index contributed by atoms with van der Waals surface area (Å²) in [5.41, 5.74) is 3.35. The molecule has 9 nitrogen and oxygen atoms in total. The molecule has 0 saturated heterocycles. The number of hydrogen-bond acceptors (Lipinski definition) is 6. The Bertz CT molecular complexity index is 1300.